The van der Waals surface area contributed by atoms with E-state index in [4.69, 9.17) is 5.73 Å². The monoisotopic (exact) mass is 166 g/mol. The minimum atomic E-state index is -0.179. The van der Waals surface area contributed by atoms with Gasteiger partial charge in [0, 0.05) is 12.1 Å². The van der Waals surface area contributed by atoms with Gasteiger partial charge < -0.3 is 10.6 Å². The Kier molecular flexibility index (Phi) is 1.06. The van der Waals surface area contributed by atoms with Crippen LogP contribution < -0.4 is 5.73 Å². The number of nitrogens with zero attached hydrogens (tertiary/aromatic N) is 1. The molecule has 1 aliphatic heterocycles. The molecule has 1 amide bonds. The van der Waals surface area contributed by atoms with Crippen molar-refractivity contribution in [1.29, 1.82) is 0 Å². The van der Waals surface area contributed by atoms with E-state index >= 15 is 0 Å². The number of β-lactam (4-membered cyclic amide) rings is 1. The highest BCUT2D eigenvalue weighted by Gasteiger charge is 2.64. The topological polar surface area (TPSA) is 46.3 Å². The smallest absolute Gasteiger partial charge is 0.241 e. The summed E-state index contributed by atoms with van der Waals surface area (Å²) in [6, 6.07) is -0.179. The average Bonchev–Trinajstić information content (AvgIpc) is 2.64. The fourth-order valence-corrected chi connectivity index (χ4v) is 3.02. The molecule has 3 rings (SSSR count). The summed E-state index contributed by atoms with van der Waals surface area (Å²) in [5.74, 6) is 1.02. The van der Waals surface area contributed by atoms with Gasteiger partial charge in [-0.3, -0.25) is 4.79 Å². The summed E-state index contributed by atoms with van der Waals surface area (Å²) < 4.78 is 0. The van der Waals surface area contributed by atoms with Gasteiger partial charge >= 0.3 is 0 Å². The quantitative estimate of drug-likeness (QED) is 0.561. The third-order valence-corrected chi connectivity index (χ3v) is 3.86. The van der Waals surface area contributed by atoms with Crippen LogP contribution in [0.5, 0.6) is 0 Å². The van der Waals surface area contributed by atoms with E-state index in [-0.39, 0.29) is 11.9 Å². The Hall–Kier alpha value is -0.570. The van der Waals surface area contributed by atoms with Gasteiger partial charge in [0.2, 0.25) is 5.91 Å². The van der Waals surface area contributed by atoms with Gasteiger partial charge in [0.1, 0.15) is 6.04 Å². The highest BCUT2D eigenvalue weighted by Crippen LogP contribution is 2.60. The van der Waals surface area contributed by atoms with E-state index in [0.717, 1.165) is 12.5 Å². The largest absolute Gasteiger partial charge is 0.333 e. The normalized spacial score (nSPS) is 50.4. The Morgan fingerprint density at radius 2 is 2.42 bits per heavy atom. The van der Waals surface area contributed by atoms with Gasteiger partial charge in [-0.1, -0.05) is 6.42 Å². The second kappa shape index (κ2) is 1.84. The Bertz CT molecular complexity index is 253. The summed E-state index contributed by atoms with van der Waals surface area (Å²) >= 11 is 0. The van der Waals surface area contributed by atoms with E-state index in [0.29, 0.717) is 5.54 Å². The van der Waals surface area contributed by atoms with Gasteiger partial charge in [0.25, 0.3) is 0 Å². The number of carbonyl (C=O) groups excluding carboxylic acids is 1. The molecular weight excluding hydrogens is 152 g/mol. The van der Waals surface area contributed by atoms with Crippen LogP contribution in [0.25, 0.3) is 0 Å². The van der Waals surface area contributed by atoms with Crippen LogP contribution in [0.1, 0.15) is 25.7 Å². The van der Waals surface area contributed by atoms with Crippen molar-refractivity contribution in [1.82, 2.24) is 4.90 Å². The van der Waals surface area contributed by atoms with Crippen LogP contribution in [-0.2, 0) is 4.79 Å². The first-order valence-corrected chi connectivity index (χ1v) is 4.81. The number of carbonyl (C=O) groups is 1. The number of fused-ring (bicyclic) bond motifs is 1. The van der Waals surface area contributed by atoms with Crippen LogP contribution in [0, 0.1) is 5.92 Å². The molecule has 3 atom stereocenters. The number of rotatable bonds is 1. The van der Waals surface area contributed by atoms with Crippen molar-refractivity contribution in [3.63, 3.8) is 0 Å². The van der Waals surface area contributed by atoms with Crippen molar-refractivity contribution < 1.29 is 4.79 Å². The van der Waals surface area contributed by atoms with Crippen LogP contribution in [0.2, 0.25) is 0 Å². The molecule has 66 valence electrons. The predicted molar refractivity (Wildman–Crippen MR) is 44.4 cm³/mol. The lowest BCUT2D eigenvalue weighted by Crippen LogP contribution is -2.65. The van der Waals surface area contributed by atoms with Gasteiger partial charge in [-0.05, 0) is 25.2 Å². The summed E-state index contributed by atoms with van der Waals surface area (Å²) in [4.78, 5) is 13.4. The molecule has 1 saturated heterocycles. The number of nitrogens with two attached hydrogens (primary N) is 1. The molecule has 3 nitrogen and oxygen atoms in total. The number of hydrogen-bond donors (Lipinski definition) is 1. The number of likely N-dealkylation sites (tertiary alicyclic amines) is 1. The van der Waals surface area contributed by atoms with E-state index in [2.05, 4.69) is 0 Å². The van der Waals surface area contributed by atoms with Crippen molar-refractivity contribution in [3.8, 4) is 0 Å². The molecule has 3 unspecified atom stereocenters. The molecule has 0 spiro atoms. The van der Waals surface area contributed by atoms with Crippen molar-refractivity contribution in [3.05, 3.63) is 0 Å². The van der Waals surface area contributed by atoms with Gasteiger partial charge in [-0.25, -0.2) is 0 Å². The second-order valence-electron chi connectivity index (χ2n) is 4.45. The van der Waals surface area contributed by atoms with Crippen LogP contribution in [-0.4, -0.2) is 28.9 Å². The summed E-state index contributed by atoms with van der Waals surface area (Å²) in [5.41, 5.74) is 5.88. The van der Waals surface area contributed by atoms with Gasteiger partial charge in [-0.2, -0.15) is 0 Å². The van der Waals surface area contributed by atoms with E-state index in [1.165, 1.54) is 25.7 Å². The first-order valence-electron chi connectivity index (χ1n) is 4.81. The lowest BCUT2D eigenvalue weighted by Gasteiger charge is -2.42. The summed E-state index contributed by atoms with van der Waals surface area (Å²) in [6.45, 7) is 0.815. The Morgan fingerprint density at radius 1 is 1.58 bits per heavy atom. The third kappa shape index (κ3) is 0.600. The average molecular weight is 166 g/mol. The van der Waals surface area contributed by atoms with E-state index in [1.54, 1.807) is 0 Å². The van der Waals surface area contributed by atoms with Crippen LogP contribution in [0.4, 0.5) is 0 Å². The second-order valence-corrected chi connectivity index (χ2v) is 4.45. The number of amides is 1. The van der Waals surface area contributed by atoms with Gasteiger partial charge in [0.15, 0.2) is 0 Å². The highest BCUT2D eigenvalue weighted by atomic mass is 16.2. The molecule has 0 aromatic heterocycles. The summed E-state index contributed by atoms with van der Waals surface area (Å²) in [7, 11) is 0. The van der Waals surface area contributed by atoms with Crippen LogP contribution in [0.3, 0.4) is 0 Å². The van der Waals surface area contributed by atoms with E-state index in [1.807, 2.05) is 4.90 Å². The molecule has 3 aliphatic rings. The highest BCUT2D eigenvalue weighted by molar-refractivity contribution is 5.89. The molecule has 2 N–H and O–H groups in total. The zero-order valence-electron chi connectivity index (χ0n) is 7.12. The Labute approximate surface area is 71.9 Å². The fraction of sp³-hybridized carbons (Fsp3) is 0.889. The number of hydrogen-bond acceptors (Lipinski definition) is 2. The van der Waals surface area contributed by atoms with Crippen molar-refractivity contribution >= 4 is 5.91 Å². The Morgan fingerprint density at radius 3 is 2.83 bits per heavy atom. The standard InChI is InChI=1S/C9H14N2O/c10-7-5-11(8(7)12)9-3-1-2-6(9)4-9/h6-7H,1-5,10H2. The molecule has 0 bridgehead atoms. The van der Waals surface area contributed by atoms with E-state index in [9.17, 15) is 4.79 Å². The first kappa shape index (κ1) is 6.89. The van der Waals surface area contributed by atoms with Crippen molar-refractivity contribution in [2.75, 3.05) is 6.54 Å². The maximum Gasteiger partial charge on any atom is 0.241 e. The summed E-state index contributed by atoms with van der Waals surface area (Å²) in [6.07, 6.45) is 5.13. The first-order chi connectivity index (χ1) is 5.74. The van der Waals surface area contributed by atoms with Crippen molar-refractivity contribution in [2.24, 2.45) is 11.7 Å². The minimum absolute atomic E-state index is 0.179. The van der Waals surface area contributed by atoms with Gasteiger partial charge in [-0.15, -0.1) is 0 Å². The van der Waals surface area contributed by atoms with Crippen LogP contribution in [0.15, 0.2) is 0 Å². The lowest BCUT2D eigenvalue weighted by atomic mass is 10.0. The Balaban J connectivity index is 1.79. The fourth-order valence-electron chi connectivity index (χ4n) is 3.02. The maximum absolute atomic E-state index is 11.4. The molecule has 0 radical (unpaired) electrons. The summed E-state index contributed by atoms with van der Waals surface area (Å²) in [5, 5.41) is 0. The van der Waals surface area contributed by atoms with E-state index < -0.39 is 0 Å². The maximum atomic E-state index is 11.4. The lowest BCUT2D eigenvalue weighted by molar-refractivity contribution is -0.147. The van der Waals surface area contributed by atoms with Crippen molar-refractivity contribution in [2.45, 2.75) is 37.3 Å². The minimum Gasteiger partial charge on any atom is -0.333 e. The molecule has 3 heteroatoms. The molecular formula is C9H14N2O. The zero-order chi connectivity index (χ0) is 8.34. The molecule has 1 heterocycles. The molecule has 3 fully saturated rings. The molecule has 0 aromatic carbocycles. The third-order valence-electron chi connectivity index (χ3n) is 3.86. The molecule has 0 aromatic rings. The van der Waals surface area contributed by atoms with Gasteiger partial charge in [0.05, 0.1) is 0 Å². The molecule has 12 heavy (non-hydrogen) atoms. The zero-order valence-corrected chi connectivity index (χ0v) is 7.12. The predicted octanol–water partition coefficient (Wildman–Crippen LogP) is 0.0985. The molecule has 2 saturated carbocycles. The molecule has 2 aliphatic carbocycles. The SMILES string of the molecule is NC1CN(C23CCCC2C3)C1=O. The van der Waals surface area contributed by atoms with Crippen LogP contribution >= 0.6 is 0 Å².